The molecule has 4 N–H and O–H groups in total. The number of carboxylic acid groups (broad SMARTS) is 1. The summed E-state index contributed by atoms with van der Waals surface area (Å²) < 4.78 is 36.6. The summed E-state index contributed by atoms with van der Waals surface area (Å²) in [5.74, 6) is -3.50. The Morgan fingerprint density at radius 3 is 2.50 bits per heavy atom. The third-order valence-corrected chi connectivity index (χ3v) is 3.84. The highest BCUT2D eigenvalue weighted by Crippen LogP contribution is 2.11. The van der Waals surface area contributed by atoms with Crippen LogP contribution in [0.1, 0.15) is 43.5 Å². The summed E-state index contributed by atoms with van der Waals surface area (Å²) in [5.41, 5.74) is 4.95. The molecule has 1 unspecified atom stereocenters. The van der Waals surface area contributed by atoms with Crippen molar-refractivity contribution < 1.29 is 37.7 Å². The molecule has 0 heterocycles. The van der Waals surface area contributed by atoms with E-state index in [0.29, 0.717) is 25.5 Å². The van der Waals surface area contributed by atoms with E-state index in [9.17, 15) is 23.2 Å². The number of unbranched alkanes of at least 4 members (excludes halogenated alkanes) is 1. The van der Waals surface area contributed by atoms with Gasteiger partial charge in [-0.2, -0.15) is 0 Å². The molecule has 10 heteroatoms. The molecule has 30 heavy (non-hydrogen) atoms. The minimum absolute atomic E-state index is 0.0920. The molecule has 1 amide bonds. The highest BCUT2D eigenvalue weighted by Gasteiger charge is 2.22. The molecule has 0 bridgehead atoms. The first-order valence-electron chi connectivity index (χ1n) is 9.21. The lowest BCUT2D eigenvalue weighted by atomic mass is 10.1. The van der Waals surface area contributed by atoms with Crippen LogP contribution < -0.4 is 11.1 Å². The number of hydrogen-bond acceptors (Lipinski definition) is 6. The van der Waals surface area contributed by atoms with Crippen molar-refractivity contribution >= 4 is 17.8 Å². The number of nitrogens with one attached hydrogen (secondary N) is 1. The van der Waals surface area contributed by atoms with Crippen LogP contribution in [-0.4, -0.2) is 41.8 Å². The Morgan fingerprint density at radius 2 is 1.93 bits per heavy atom. The molecule has 0 radical (unpaired) electrons. The van der Waals surface area contributed by atoms with Crippen molar-refractivity contribution in [2.45, 2.75) is 45.4 Å². The summed E-state index contributed by atoms with van der Waals surface area (Å²) in [4.78, 5) is 35.0. The standard InChI is InChI=1S/C20H24F2N2O6/c1-12(2)19(24-18(26)14-7-6-13(21)11-15(14)22)29-10-8-17(25)30-16(20(27)28)5-3-4-9-23/h6-7,11-12,16,19H,3-5,9,23H2,1-2H3,(H,24,26)(H,27,28)/t16-,19?/m0/s1. The molecule has 0 aliphatic rings. The van der Waals surface area contributed by atoms with Gasteiger partial charge in [-0.25, -0.2) is 18.4 Å². The third-order valence-electron chi connectivity index (χ3n) is 3.84. The molecule has 164 valence electrons. The average Bonchev–Trinajstić information content (AvgIpc) is 2.66. The predicted octanol–water partition coefficient (Wildman–Crippen LogP) is 1.78. The molecular weight excluding hydrogens is 402 g/mol. The van der Waals surface area contributed by atoms with Crippen molar-refractivity contribution in [3.8, 4) is 12.0 Å². The van der Waals surface area contributed by atoms with Gasteiger partial charge in [0.15, 0.2) is 12.3 Å². The normalized spacial score (nSPS) is 12.3. The van der Waals surface area contributed by atoms with Crippen molar-refractivity contribution in [2.75, 3.05) is 6.54 Å². The van der Waals surface area contributed by atoms with E-state index in [0.717, 1.165) is 12.1 Å². The Hall–Kier alpha value is -3.19. The number of carboxylic acids is 1. The predicted molar refractivity (Wildman–Crippen MR) is 102 cm³/mol. The van der Waals surface area contributed by atoms with Crippen molar-refractivity contribution in [3.05, 3.63) is 35.4 Å². The Balaban J connectivity index is 2.70. The first-order valence-corrected chi connectivity index (χ1v) is 9.21. The lowest BCUT2D eigenvalue weighted by molar-refractivity contribution is -0.160. The second-order valence-electron chi connectivity index (χ2n) is 6.62. The van der Waals surface area contributed by atoms with Crippen LogP contribution in [-0.2, 0) is 19.1 Å². The fraction of sp³-hybridized carbons (Fsp3) is 0.450. The molecule has 0 saturated carbocycles. The van der Waals surface area contributed by atoms with E-state index in [1.54, 1.807) is 13.8 Å². The van der Waals surface area contributed by atoms with Gasteiger partial charge in [0, 0.05) is 12.0 Å². The minimum Gasteiger partial charge on any atom is -0.479 e. The molecule has 0 aliphatic heterocycles. The molecule has 0 spiro atoms. The zero-order valence-corrected chi connectivity index (χ0v) is 16.6. The first-order chi connectivity index (χ1) is 14.1. The number of rotatable bonds is 10. The topological polar surface area (TPSA) is 128 Å². The molecule has 1 rings (SSSR count). The van der Waals surface area contributed by atoms with E-state index in [1.807, 2.05) is 5.92 Å². The molecule has 8 nitrogen and oxygen atoms in total. The third kappa shape index (κ3) is 8.45. The van der Waals surface area contributed by atoms with Crippen LogP contribution in [0, 0.1) is 29.6 Å². The summed E-state index contributed by atoms with van der Waals surface area (Å²) in [5, 5.41) is 11.4. The summed E-state index contributed by atoms with van der Waals surface area (Å²) in [6.07, 6.45) is 0.806. The van der Waals surface area contributed by atoms with Gasteiger partial charge in [0.05, 0.1) is 11.5 Å². The fourth-order valence-electron chi connectivity index (χ4n) is 2.21. The van der Waals surface area contributed by atoms with Crippen LogP contribution >= 0.6 is 0 Å². The summed E-state index contributed by atoms with van der Waals surface area (Å²) in [7, 11) is 0. The minimum atomic E-state index is -1.36. The summed E-state index contributed by atoms with van der Waals surface area (Å²) in [6.45, 7) is 3.73. The Kier molecular flexibility index (Phi) is 10.3. The van der Waals surface area contributed by atoms with Crippen LogP contribution in [0.15, 0.2) is 18.2 Å². The van der Waals surface area contributed by atoms with Gasteiger partial charge in [0.25, 0.3) is 5.91 Å². The van der Waals surface area contributed by atoms with E-state index in [1.165, 1.54) is 0 Å². The number of carbonyl (C=O) groups excluding carboxylic acids is 2. The van der Waals surface area contributed by atoms with Gasteiger partial charge in [-0.1, -0.05) is 13.8 Å². The molecule has 1 aromatic rings. The van der Waals surface area contributed by atoms with Crippen molar-refractivity contribution in [2.24, 2.45) is 11.7 Å². The Bertz CT molecular complexity index is 819. The molecule has 0 aromatic heterocycles. The van der Waals surface area contributed by atoms with E-state index < -0.39 is 41.8 Å². The smallest absolute Gasteiger partial charge is 0.388 e. The van der Waals surface area contributed by atoms with Gasteiger partial charge < -0.3 is 25.6 Å². The molecule has 0 saturated heterocycles. The van der Waals surface area contributed by atoms with Crippen LogP contribution in [0.4, 0.5) is 8.78 Å². The zero-order chi connectivity index (χ0) is 22.7. The fourth-order valence-corrected chi connectivity index (χ4v) is 2.21. The van der Waals surface area contributed by atoms with Gasteiger partial charge in [-0.15, -0.1) is 0 Å². The lowest BCUT2D eigenvalue weighted by Gasteiger charge is -2.20. The van der Waals surface area contributed by atoms with Crippen molar-refractivity contribution in [1.29, 1.82) is 0 Å². The van der Waals surface area contributed by atoms with E-state index >= 15 is 0 Å². The number of ether oxygens (including phenoxy) is 2. The number of benzene rings is 1. The maximum absolute atomic E-state index is 13.7. The zero-order valence-electron chi connectivity index (χ0n) is 16.6. The molecule has 1 aromatic carbocycles. The number of hydrogen-bond donors (Lipinski definition) is 3. The quantitative estimate of drug-likeness (QED) is 0.225. The number of esters is 1. The highest BCUT2D eigenvalue weighted by molar-refractivity contribution is 5.94. The van der Waals surface area contributed by atoms with Gasteiger partial charge in [-0.3, -0.25) is 4.79 Å². The summed E-state index contributed by atoms with van der Waals surface area (Å²) in [6, 6.07) is 2.49. The number of amides is 1. The number of halogens is 2. The second-order valence-corrected chi connectivity index (χ2v) is 6.62. The van der Waals surface area contributed by atoms with Crippen LogP contribution in [0.2, 0.25) is 0 Å². The number of carbonyl (C=O) groups is 3. The molecule has 0 aliphatic carbocycles. The van der Waals surface area contributed by atoms with Gasteiger partial charge >= 0.3 is 11.9 Å². The second kappa shape index (κ2) is 12.4. The molecular formula is C20H24F2N2O6. The Labute approximate surface area is 172 Å². The highest BCUT2D eigenvalue weighted by atomic mass is 19.1. The van der Waals surface area contributed by atoms with Crippen molar-refractivity contribution in [1.82, 2.24) is 5.32 Å². The van der Waals surface area contributed by atoms with Crippen molar-refractivity contribution in [3.63, 3.8) is 0 Å². The maximum atomic E-state index is 13.7. The monoisotopic (exact) mass is 426 g/mol. The summed E-state index contributed by atoms with van der Waals surface area (Å²) >= 11 is 0. The molecule has 0 fully saturated rings. The maximum Gasteiger partial charge on any atom is 0.388 e. The number of aliphatic carboxylic acids is 1. The van der Waals surface area contributed by atoms with Crippen LogP contribution in [0.5, 0.6) is 0 Å². The first kappa shape index (κ1) is 24.8. The molecule has 2 atom stereocenters. The number of nitrogens with two attached hydrogens (primary N) is 1. The van der Waals surface area contributed by atoms with Gasteiger partial charge in [-0.05, 0) is 37.9 Å². The van der Waals surface area contributed by atoms with E-state index in [4.69, 9.17) is 20.3 Å². The Morgan fingerprint density at radius 1 is 1.23 bits per heavy atom. The average molecular weight is 426 g/mol. The SMILES string of the molecule is CC(C)C(NC(=O)c1ccc(F)cc1F)OC#CC(=O)O[C@@H](CCCCN)C(=O)O. The van der Waals surface area contributed by atoms with E-state index in [-0.39, 0.29) is 17.9 Å². The van der Waals surface area contributed by atoms with Gasteiger partial charge in [0.1, 0.15) is 17.7 Å². The van der Waals surface area contributed by atoms with Crippen LogP contribution in [0.3, 0.4) is 0 Å². The van der Waals surface area contributed by atoms with E-state index in [2.05, 4.69) is 11.4 Å². The van der Waals surface area contributed by atoms with Crippen LogP contribution in [0.25, 0.3) is 0 Å². The van der Waals surface area contributed by atoms with Gasteiger partial charge in [0.2, 0.25) is 0 Å². The largest absolute Gasteiger partial charge is 0.479 e. The lowest BCUT2D eigenvalue weighted by Crippen LogP contribution is -2.40.